The Bertz CT molecular complexity index is 15.5. The maximum absolute atomic E-state index is 9.93. The zero-order valence-electron chi connectivity index (χ0n) is 2.33. The molecule has 0 aromatic rings. The van der Waals surface area contributed by atoms with Crippen molar-refractivity contribution in [1.29, 1.82) is 4.78 Å². The van der Waals surface area contributed by atoms with Crippen molar-refractivity contribution < 1.29 is 3.89 Å². The van der Waals surface area contributed by atoms with Crippen LogP contribution in [0.5, 0.6) is 0 Å². The summed E-state index contributed by atoms with van der Waals surface area (Å²) in [6, 6.07) is 0. The Hall–Kier alpha value is 0.677. The van der Waals surface area contributed by atoms with Gasteiger partial charge in [-0.15, -0.1) is 0 Å². The first-order valence-electron chi connectivity index (χ1n) is 0.393. The molecule has 0 aromatic heterocycles. The average molecular weight is 74.0 g/mol. The summed E-state index contributed by atoms with van der Waals surface area (Å²) in [6.07, 6.45) is 0. The molecule has 0 saturated heterocycles. The van der Waals surface area contributed by atoms with E-state index in [0.29, 0.717) is 0 Å². The van der Waals surface area contributed by atoms with Gasteiger partial charge in [0.1, 0.15) is 0 Å². The Kier molecular flexibility index (Phi) is 20.7. The number of nitrogens with one attached hydrogen (secondary N) is 1. The molecule has 1 nitrogen and oxygen atoms in total. The summed E-state index contributed by atoms with van der Waals surface area (Å²) < 4.78 is 15.4. The maximum Gasteiger partial charge on any atom is 0.0606 e. The molecule has 0 aromatic carbocycles. The van der Waals surface area contributed by atoms with Gasteiger partial charge in [0.25, 0.3) is 0 Å². The van der Waals surface area contributed by atoms with Crippen LogP contribution in [0.25, 0.3) is 0 Å². The number of thiol groups is 1. The maximum atomic E-state index is 9.93. The number of rotatable bonds is 0. The molecular formula is H2FLiNS. The van der Waals surface area contributed by atoms with Crippen LogP contribution >= 0.6 is 0 Å². The van der Waals surface area contributed by atoms with Crippen LogP contribution in [-0.4, -0.2) is 18.9 Å². The van der Waals surface area contributed by atoms with Crippen LogP contribution in [-0.2, 0) is 11.9 Å². The third-order valence-corrected chi connectivity index (χ3v) is 0. The molecule has 0 fully saturated rings. The van der Waals surface area contributed by atoms with Crippen LogP contribution < -0.4 is 0 Å². The van der Waals surface area contributed by atoms with Crippen molar-refractivity contribution in [3.63, 3.8) is 0 Å². The van der Waals surface area contributed by atoms with Crippen molar-refractivity contribution in [2.75, 3.05) is 0 Å². The molecule has 21 valence electrons. The van der Waals surface area contributed by atoms with Crippen molar-refractivity contribution in [3.05, 3.63) is 0 Å². The molecule has 0 amide bonds. The van der Waals surface area contributed by atoms with Crippen molar-refractivity contribution in [3.8, 4) is 0 Å². The summed E-state index contributed by atoms with van der Waals surface area (Å²) in [5, 5.41) is 0. The minimum atomic E-state index is -0.833. The molecular weight excluding hydrogens is 72.0 g/mol. The van der Waals surface area contributed by atoms with Crippen LogP contribution in [0.2, 0.25) is 0 Å². The zero-order valence-corrected chi connectivity index (χ0v) is 3.22. The second kappa shape index (κ2) is 9.37. The third kappa shape index (κ3) is 16.4. The minimum Gasteiger partial charge on any atom is -0.253 e. The van der Waals surface area contributed by atoms with E-state index in [1.807, 2.05) is 0 Å². The molecule has 1 radical (unpaired) electrons. The summed E-state index contributed by atoms with van der Waals surface area (Å²) in [4.78, 5) is 0. The predicted molar refractivity (Wildman–Crippen MR) is 18.3 cm³/mol. The van der Waals surface area contributed by atoms with E-state index in [0.717, 1.165) is 0 Å². The molecule has 0 saturated carbocycles. The first-order valence-corrected chi connectivity index (χ1v) is 1.18. The van der Waals surface area contributed by atoms with Crippen LogP contribution in [0.4, 0.5) is 3.89 Å². The fraction of sp³-hybridized carbons (Fsp3) is 0. The summed E-state index contributed by atoms with van der Waals surface area (Å²) in [5.74, 6) is 0. The second-order valence-corrected chi connectivity index (χ2v) is 0.254. The SMILES string of the molecule is N=[SH]F.[Li]. The van der Waals surface area contributed by atoms with Gasteiger partial charge in [-0.3, -0.25) is 4.78 Å². The summed E-state index contributed by atoms with van der Waals surface area (Å²) in [5.41, 5.74) is 0. The summed E-state index contributed by atoms with van der Waals surface area (Å²) in [6.45, 7) is 0. The van der Waals surface area contributed by atoms with Gasteiger partial charge in [-0.2, -0.15) is 3.89 Å². The summed E-state index contributed by atoms with van der Waals surface area (Å²) in [7, 11) is 0. The van der Waals surface area contributed by atoms with E-state index in [4.69, 9.17) is 4.78 Å². The standard InChI is InChI=1S/FH2NS.Li/c1-3-2;/h2-3H;. The van der Waals surface area contributed by atoms with E-state index in [2.05, 4.69) is 0 Å². The third-order valence-electron chi connectivity index (χ3n) is 0. The van der Waals surface area contributed by atoms with E-state index >= 15 is 0 Å². The molecule has 0 aliphatic heterocycles. The van der Waals surface area contributed by atoms with Crippen molar-refractivity contribution in [1.82, 2.24) is 0 Å². The van der Waals surface area contributed by atoms with E-state index in [-0.39, 0.29) is 18.9 Å². The Balaban J connectivity index is 0. The monoisotopic (exact) mass is 74.0 g/mol. The normalized spacial score (nSPS) is 4.25. The Morgan fingerprint density at radius 1 is 1.75 bits per heavy atom. The Labute approximate surface area is 40.0 Å². The van der Waals surface area contributed by atoms with Gasteiger partial charge in [-0.05, 0) is 0 Å². The van der Waals surface area contributed by atoms with Crippen LogP contribution in [0.15, 0.2) is 0 Å². The Morgan fingerprint density at radius 2 is 1.75 bits per heavy atom. The average Bonchev–Trinajstić information content (AvgIpc) is 0.918. The predicted octanol–water partition coefficient (Wildman–Crippen LogP) is 0.0674. The second-order valence-electron chi connectivity index (χ2n) is 0.0845. The first-order chi connectivity index (χ1) is 1.41. The fourth-order valence-electron chi connectivity index (χ4n) is 0. The summed E-state index contributed by atoms with van der Waals surface area (Å²) >= 11 is -0.833. The smallest absolute Gasteiger partial charge is 0.0606 e. The van der Waals surface area contributed by atoms with Crippen LogP contribution in [0.1, 0.15) is 0 Å². The van der Waals surface area contributed by atoms with Crippen molar-refractivity contribution in [2.24, 2.45) is 0 Å². The van der Waals surface area contributed by atoms with Gasteiger partial charge in [0.2, 0.25) is 0 Å². The van der Waals surface area contributed by atoms with Gasteiger partial charge >= 0.3 is 0 Å². The molecule has 0 bridgehead atoms. The Morgan fingerprint density at radius 3 is 1.75 bits per heavy atom. The van der Waals surface area contributed by atoms with Crippen LogP contribution in [0, 0.1) is 4.78 Å². The van der Waals surface area contributed by atoms with Crippen molar-refractivity contribution >= 4 is 30.8 Å². The first kappa shape index (κ1) is 8.82. The fourth-order valence-corrected chi connectivity index (χ4v) is 0. The minimum absolute atomic E-state index is 0. The molecule has 0 atom stereocenters. The van der Waals surface area contributed by atoms with Crippen LogP contribution in [0.3, 0.4) is 0 Å². The largest absolute Gasteiger partial charge is 0.253 e. The number of hydrogen-bond acceptors (Lipinski definition) is 1. The van der Waals surface area contributed by atoms with E-state index in [1.54, 1.807) is 0 Å². The molecule has 4 heavy (non-hydrogen) atoms. The van der Waals surface area contributed by atoms with E-state index in [1.165, 1.54) is 0 Å². The van der Waals surface area contributed by atoms with Gasteiger partial charge in [-0.25, -0.2) is 0 Å². The topological polar surface area (TPSA) is 23.9 Å². The molecule has 0 rings (SSSR count). The van der Waals surface area contributed by atoms with Gasteiger partial charge in [0.05, 0.1) is 11.9 Å². The van der Waals surface area contributed by atoms with Crippen molar-refractivity contribution in [2.45, 2.75) is 0 Å². The number of halogens is 1. The number of hydrogen-bond donors (Lipinski definition) is 2. The molecule has 1 N–H and O–H groups in total. The molecule has 0 spiro atoms. The molecule has 0 heterocycles. The molecule has 0 unspecified atom stereocenters. The molecule has 4 heteroatoms. The quantitative estimate of drug-likeness (QED) is 0.300. The molecule has 0 aliphatic rings. The van der Waals surface area contributed by atoms with E-state index in [9.17, 15) is 3.89 Å². The van der Waals surface area contributed by atoms with Gasteiger partial charge in [0, 0.05) is 18.9 Å². The molecule has 0 aliphatic carbocycles. The van der Waals surface area contributed by atoms with Gasteiger partial charge in [-0.1, -0.05) is 0 Å². The van der Waals surface area contributed by atoms with Gasteiger partial charge < -0.3 is 0 Å². The van der Waals surface area contributed by atoms with Gasteiger partial charge in [0.15, 0.2) is 0 Å². The van der Waals surface area contributed by atoms with E-state index < -0.39 is 11.9 Å². The zero-order chi connectivity index (χ0) is 2.71.